The Bertz CT molecular complexity index is 612. The summed E-state index contributed by atoms with van der Waals surface area (Å²) in [5.74, 6) is 1.53. The Kier molecular flexibility index (Phi) is 4.85. The standard InChI is InChI=1S/C19H27NO3S/c1-18(2,3)24(21)20-13-14-6-7-15(22-4)10-17(14)23-16-11-19(12-16)8-5-9-19/h6-7,10,13,16H,5,8-9,11-12H2,1-4H3/t24-/m0/s1. The minimum Gasteiger partial charge on any atom is -0.591 e. The summed E-state index contributed by atoms with van der Waals surface area (Å²) in [6, 6.07) is 5.69. The highest BCUT2D eigenvalue weighted by atomic mass is 32.2. The zero-order chi connectivity index (χ0) is 17.4. The van der Waals surface area contributed by atoms with Gasteiger partial charge in [0, 0.05) is 11.6 Å². The monoisotopic (exact) mass is 349 g/mol. The van der Waals surface area contributed by atoms with Gasteiger partial charge in [-0.25, -0.2) is 0 Å². The van der Waals surface area contributed by atoms with Gasteiger partial charge in [0.05, 0.1) is 19.4 Å². The predicted molar refractivity (Wildman–Crippen MR) is 98.4 cm³/mol. The molecule has 132 valence electrons. The molecule has 5 heteroatoms. The van der Waals surface area contributed by atoms with Crippen molar-refractivity contribution in [2.24, 2.45) is 9.81 Å². The van der Waals surface area contributed by atoms with Gasteiger partial charge in [-0.15, -0.1) is 0 Å². The van der Waals surface area contributed by atoms with E-state index in [-0.39, 0.29) is 10.9 Å². The van der Waals surface area contributed by atoms with E-state index in [9.17, 15) is 4.55 Å². The fourth-order valence-corrected chi connectivity index (χ4v) is 3.89. The van der Waals surface area contributed by atoms with Crippen molar-refractivity contribution in [3.8, 4) is 11.5 Å². The fraction of sp³-hybridized carbons (Fsp3) is 0.632. The van der Waals surface area contributed by atoms with Crippen LogP contribution in [0.4, 0.5) is 0 Å². The Morgan fingerprint density at radius 3 is 2.54 bits per heavy atom. The van der Waals surface area contributed by atoms with Crippen molar-refractivity contribution in [1.29, 1.82) is 0 Å². The van der Waals surface area contributed by atoms with E-state index in [1.54, 1.807) is 13.3 Å². The summed E-state index contributed by atoms with van der Waals surface area (Å²) in [7, 11) is 1.65. The number of benzene rings is 1. The third-order valence-corrected chi connectivity index (χ3v) is 6.41. The molecular formula is C19H27NO3S. The lowest BCUT2D eigenvalue weighted by Crippen LogP contribution is -2.48. The summed E-state index contributed by atoms with van der Waals surface area (Å²) in [6.07, 6.45) is 8.30. The second kappa shape index (κ2) is 6.60. The zero-order valence-electron chi connectivity index (χ0n) is 15.0. The van der Waals surface area contributed by atoms with Crippen LogP contribution < -0.4 is 9.47 Å². The van der Waals surface area contributed by atoms with Crippen LogP contribution in [0.15, 0.2) is 22.6 Å². The second-order valence-electron chi connectivity index (χ2n) is 8.00. The predicted octanol–water partition coefficient (Wildman–Crippen LogP) is 4.29. The van der Waals surface area contributed by atoms with Crippen LogP contribution in [0, 0.1) is 5.41 Å². The Hall–Kier alpha value is -1.20. The molecule has 0 aromatic heterocycles. The molecule has 0 saturated heterocycles. The maximum atomic E-state index is 12.1. The molecule has 1 aromatic carbocycles. The Morgan fingerprint density at radius 2 is 2.00 bits per heavy atom. The van der Waals surface area contributed by atoms with E-state index in [0.29, 0.717) is 5.41 Å². The SMILES string of the molecule is COc1ccc(C=N[S@@+]([O-])C(C)(C)C)c(OC2CC3(CCC3)C2)c1. The third-order valence-electron chi connectivity index (χ3n) is 5.06. The van der Waals surface area contributed by atoms with Crippen molar-refractivity contribution in [2.75, 3.05) is 7.11 Å². The molecule has 3 rings (SSSR count). The lowest BCUT2D eigenvalue weighted by atomic mass is 9.55. The van der Waals surface area contributed by atoms with Crippen LogP contribution in [-0.2, 0) is 11.4 Å². The lowest BCUT2D eigenvalue weighted by molar-refractivity contribution is -0.0682. The molecule has 0 heterocycles. The molecule has 2 saturated carbocycles. The molecule has 2 fully saturated rings. The molecule has 1 spiro atoms. The van der Waals surface area contributed by atoms with E-state index in [2.05, 4.69) is 4.40 Å². The molecule has 0 bridgehead atoms. The van der Waals surface area contributed by atoms with Gasteiger partial charge in [-0.2, -0.15) is 0 Å². The average molecular weight is 349 g/mol. The van der Waals surface area contributed by atoms with E-state index < -0.39 is 11.4 Å². The van der Waals surface area contributed by atoms with Crippen LogP contribution >= 0.6 is 0 Å². The number of hydrogen-bond donors (Lipinski definition) is 0. The molecule has 2 aliphatic rings. The summed E-state index contributed by atoms with van der Waals surface area (Å²) in [5, 5.41) is 0. The molecule has 0 aliphatic heterocycles. The van der Waals surface area contributed by atoms with Gasteiger partial charge in [0.25, 0.3) is 0 Å². The van der Waals surface area contributed by atoms with E-state index >= 15 is 0 Å². The van der Waals surface area contributed by atoms with Crippen molar-refractivity contribution < 1.29 is 14.0 Å². The molecule has 0 amide bonds. The first-order valence-electron chi connectivity index (χ1n) is 8.62. The summed E-state index contributed by atoms with van der Waals surface area (Å²) in [5.41, 5.74) is 1.42. The first kappa shape index (κ1) is 17.6. The molecular weight excluding hydrogens is 322 g/mol. The highest BCUT2D eigenvalue weighted by Crippen LogP contribution is 2.56. The summed E-state index contributed by atoms with van der Waals surface area (Å²) >= 11 is -1.28. The van der Waals surface area contributed by atoms with Gasteiger partial charge in [-0.05, 0) is 64.0 Å². The number of rotatable bonds is 5. The van der Waals surface area contributed by atoms with Crippen molar-refractivity contribution >= 4 is 17.6 Å². The van der Waals surface area contributed by atoms with E-state index in [0.717, 1.165) is 29.9 Å². The van der Waals surface area contributed by atoms with Crippen LogP contribution in [0.3, 0.4) is 0 Å². The normalized spacial score (nSPS) is 21.4. The number of nitrogens with zero attached hydrogens (tertiary/aromatic N) is 1. The van der Waals surface area contributed by atoms with Crippen LogP contribution in [0.25, 0.3) is 0 Å². The van der Waals surface area contributed by atoms with Crippen LogP contribution in [0.5, 0.6) is 11.5 Å². The van der Waals surface area contributed by atoms with E-state index in [4.69, 9.17) is 9.47 Å². The van der Waals surface area contributed by atoms with Crippen molar-refractivity contribution in [1.82, 2.24) is 0 Å². The Labute approximate surface area is 148 Å². The van der Waals surface area contributed by atoms with E-state index in [1.807, 2.05) is 39.0 Å². The second-order valence-corrected chi connectivity index (χ2v) is 9.94. The smallest absolute Gasteiger partial charge is 0.144 e. The zero-order valence-corrected chi connectivity index (χ0v) is 15.8. The number of methoxy groups -OCH3 is 1. The van der Waals surface area contributed by atoms with E-state index in [1.165, 1.54) is 19.3 Å². The number of ether oxygens (including phenoxy) is 2. The van der Waals surface area contributed by atoms with Crippen molar-refractivity contribution in [2.45, 2.75) is 63.7 Å². The van der Waals surface area contributed by atoms with Crippen LogP contribution in [0.1, 0.15) is 58.4 Å². The maximum absolute atomic E-state index is 12.1. The van der Waals surface area contributed by atoms with Gasteiger partial charge >= 0.3 is 0 Å². The fourth-order valence-electron chi connectivity index (χ4n) is 3.37. The average Bonchev–Trinajstić information content (AvgIpc) is 2.45. The Morgan fingerprint density at radius 1 is 1.29 bits per heavy atom. The number of hydrogen-bond acceptors (Lipinski definition) is 4. The maximum Gasteiger partial charge on any atom is 0.144 e. The molecule has 24 heavy (non-hydrogen) atoms. The van der Waals surface area contributed by atoms with Gasteiger partial charge in [0.15, 0.2) is 0 Å². The summed E-state index contributed by atoms with van der Waals surface area (Å²) < 4.78 is 27.5. The molecule has 1 aromatic rings. The minimum absolute atomic E-state index is 0.276. The van der Waals surface area contributed by atoms with Crippen LogP contribution in [-0.4, -0.2) is 28.7 Å². The summed E-state index contributed by atoms with van der Waals surface area (Å²) in [4.78, 5) is 0. The molecule has 2 aliphatic carbocycles. The first-order chi connectivity index (χ1) is 11.3. The quantitative estimate of drug-likeness (QED) is 0.589. The third kappa shape index (κ3) is 3.72. The molecule has 0 N–H and O–H groups in total. The van der Waals surface area contributed by atoms with Crippen molar-refractivity contribution in [3.05, 3.63) is 23.8 Å². The molecule has 0 radical (unpaired) electrons. The van der Waals surface area contributed by atoms with Gasteiger partial charge in [-0.1, -0.05) is 10.8 Å². The summed E-state index contributed by atoms with van der Waals surface area (Å²) in [6.45, 7) is 5.74. The Balaban J connectivity index is 1.72. The minimum atomic E-state index is -1.28. The van der Waals surface area contributed by atoms with Crippen molar-refractivity contribution in [3.63, 3.8) is 0 Å². The molecule has 0 unspecified atom stereocenters. The molecule has 1 atom stereocenters. The highest BCUT2D eigenvalue weighted by Gasteiger charge is 2.49. The highest BCUT2D eigenvalue weighted by molar-refractivity contribution is 7.91. The van der Waals surface area contributed by atoms with Gasteiger partial charge < -0.3 is 14.0 Å². The first-order valence-corrected chi connectivity index (χ1v) is 9.73. The van der Waals surface area contributed by atoms with Gasteiger partial charge in [-0.3, -0.25) is 0 Å². The topological polar surface area (TPSA) is 53.9 Å². The van der Waals surface area contributed by atoms with Crippen LogP contribution in [0.2, 0.25) is 0 Å². The largest absolute Gasteiger partial charge is 0.591 e. The van der Waals surface area contributed by atoms with Gasteiger partial charge in [0.1, 0.15) is 27.6 Å². The lowest BCUT2D eigenvalue weighted by Gasteiger charge is -2.53. The molecule has 4 nitrogen and oxygen atoms in total. The van der Waals surface area contributed by atoms with Gasteiger partial charge in [0.2, 0.25) is 0 Å².